The summed E-state index contributed by atoms with van der Waals surface area (Å²) in [7, 11) is -4.01. The highest BCUT2D eigenvalue weighted by Crippen LogP contribution is 2.27. The lowest BCUT2D eigenvalue weighted by atomic mass is 10.2. The number of amides is 1. The van der Waals surface area contributed by atoms with Crippen LogP contribution in [0.5, 0.6) is 0 Å². The van der Waals surface area contributed by atoms with Gasteiger partial charge < -0.3 is 0 Å². The fourth-order valence-electron chi connectivity index (χ4n) is 2.84. The van der Waals surface area contributed by atoms with E-state index in [2.05, 4.69) is 15.0 Å². The monoisotopic (exact) mass is 487 g/mol. The number of nitrogens with one attached hydrogen (secondary N) is 2. The van der Waals surface area contributed by atoms with E-state index in [9.17, 15) is 17.6 Å². The predicted molar refractivity (Wildman–Crippen MR) is 124 cm³/mol. The zero-order chi connectivity index (χ0) is 22.7. The Kier molecular flexibility index (Phi) is 6.22. The van der Waals surface area contributed by atoms with Crippen LogP contribution in [-0.2, 0) is 10.0 Å². The molecule has 0 unspecified atom stereocenters. The summed E-state index contributed by atoms with van der Waals surface area (Å²) < 4.78 is 40.8. The maximum absolute atomic E-state index is 13.1. The van der Waals surface area contributed by atoms with Gasteiger partial charge in [0.2, 0.25) is 0 Å². The summed E-state index contributed by atoms with van der Waals surface area (Å²) in [5.41, 5.74) is 1.72. The molecule has 0 atom stereocenters. The molecule has 1 aromatic heterocycles. The van der Waals surface area contributed by atoms with Crippen molar-refractivity contribution in [2.24, 2.45) is 0 Å². The molecule has 1 heterocycles. The maximum Gasteiger partial charge on any atom is 0.261 e. The van der Waals surface area contributed by atoms with Crippen molar-refractivity contribution < 1.29 is 17.6 Å². The molecule has 32 heavy (non-hydrogen) atoms. The lowest BCUT2D eigenvalue weighted by Gasteiger charge is -2.12. The first-order chi connectivity index (χ1) is 15.3. The van der Waals surface area contributed by atoms with Crippen molar-refractivity contribution in [2.45, 2.75) is 4.90 Å². The van der Waals surface area contributed by atoms with Gasteiger partial charge in [0.25, 0.3) is 15.9 Å². The van der Waals surface area contributed by atoms with E-state index < -0.39 is 21.7 Å². The van der Waals surface area contributed by atoms with E-state index in [1.54, 1.807) is 29.6 Å². The molecule has 0 radical (unpaired) electrons. The Bertz CT molecular complexity index is 1370. The van der Waals surface area contributed by atoms with Crippen molar-refractivity contribution in [3.8, 4) is 11.3 Å². The number of halogens is 2. The number of carbonyl (C=O) groups is 1. The molecule has 0 bridgehead atoms. The minimum atomic E-state index is -4.01. The highest BCUT2D eigenvalue weighted by molar-refractivity contribution is 7.92. The molecule has 6 nitrogen and oxygen atoms in total. The molecule has 0 saturated carbocycles. The Balaban J connectivity index is 1.54. The van der Waals surface area contributed by atoms with Gasteiger partial charge >= 0.3 is 0 Å². The molecule has 1 amide bonds. The van der Waals surface area contributed by atoms with E-state index in [1.807, 2.05) is 12.1 Å². The van der Waals surface area contributed by atoms with Gasteiger partial charge in [-0.2, -0.15) is 0 Å². The van der Waals surface area contributed by atoms with Gasteiger partial charge in [-0.15, -0.1) is 11.3 Å². The summed E-state index contributed by atoms with van der Waals surface area (Å²) in [4.78, 5) is 17.1. The molecule has 3 aromatic carbocycles. The molecule has 0 aliphatic carbocycles. The number of aromatic nitrogens is 1. The molecule has 10 heteroatoms. The highest BCUT2D eigenvalue weighted by atomic mass is 35.5. The average molecular weight is 488 g/mol. The number of hydrogen-bond donors (Lipinski definition) is 2. The second kappa shape index (κ2) is 9.07. The zero-order valence-electron chi connectivity index (χ0n) is 16.2. The summed E-state index contributed by atoms with van der Waals surface area (Å²) in [6.07, 6.45) is 0. The van der Waals surface area contributed by atoms with E-state index >= 15 is 0 Å². The smallest absolute Gasteiger partial charge is 0.261 e. The average Bonchev–Trinajstić information content (AvgIpc) is 3.23. The molecular formula is C22H15ClFN3O3S2. The van der Waals surface area contributed by atoms with Crippen LogP contribution in [0.25, 0.3) is 11.3 Å². The third kappa shape index (κ3) is 4.96. The van der Waals surface area contributed by atoms with Crippen LogP contribution in [0.3, 0.4) is 0 Å². The van der Waals surface area contributed by atoms with Gasteiger partial charge in [0, 0.05) is 16.0 Å². The van der Waals surface area contributed by atoms with Gasteiger partial charge in [-0.3, -0.25) is 14.8 Å². The topological polar surface area (TPSA) is 88.2 Å². The summed E-state index contributed by atoms with van der Waals surface area (Å²) in [6.45, 7) is 0. The lowest BCUT2D eigenvalue weighted by Crippen LogP contribution is -2.18. The zero-order valence-corrected chi connectivity index (χ0v) is 18.6. The van der Waals surface area contributed by atoms with Crippen LogP contribution in [-0.4, -0.2) is 19.3 Å². The van der Waals surface area contributed by atoms with Crippen LogP contribution in [0.1, 0.15) is 10.4 Å². The number of sulfonamides is 1. The Morgan fingerprint density at radius 3 is 2.38 bits per heavy atom. The Morgan fingerprint density at radius 1 is 0.969 bits per heavy atom. The molecule has 0 spiro atoms. The normalized spacial score (nSPS) is 11.2. The molecule has 0 fully saturated rings. The van der Waals surface area contributed by atoms with Gasteiger partial charge in [-0.25, -0.2) is 17.8 Å². The molecule has 0 aliphatic rings. The lowest BCUT2D eigenvalue weighted by molar-refractivity contribution is 0.102. The summed E-state index contributed by atoms with van der Waals surface area (Å²) in [5.74, 6) is -1.08. The van der Waals surface area contributed by atoms with Crippen LogP contribution in [0.2, 0.25) is 5.02 Å². The second-order valence-electron chi connectivity index (χ2n) is 6.60. The summed E-state index contributed by atoms with van der Waals surface area (Å²) in [6, 6.07) is 17.7. The SMILES string of the molecule is O=C(Nc1nc(-c2ccc(Cl)cc2)cs1)c1ccccc1NS(=O)(=O)c1ccc(F)cc1. The minimum absolute atomic E-state index is 0.0869. The van der Waals surface area contributed by atoms with Crippen LogP contribution in [0.4, 0.5) is 15.2 Å². The van der Waals surface area contributed by atoms with Gasteiger partial charge in [0.1, 0.15) is 5.82 Å². The summed E-state index contributed by atoms with van der Waals surface area (Å²) in [5, 5.41) is 5.45. The number of anilines is 2. The molecule has 4 rings (SSSR count). The fraction of sp³-hybridized carbons (Fsp3) is 0. The minimum Gasteiger partial charge on any atom is -0.298 e. The predicted octanol–water partition coefficient (Wildman–Crippen LogP) is 5.66. The van der Waals surface area contributed by atoms with Gasteiger partial charge in [-0.1, -0.05) is 35.9 Å². The largest absolute Gasteiger partial charge is 0.298 e. The summed E-state index contributed by atoms with van der Waals surface area (Å²) >= 11 is 7.15. The quantitative estimate of drug-likeness (QED) is 0.367. The van der Waals surface area contributed by atoms with E-state index in [1.165, 1.54) is 23.5 Å². The van der Waals surface area contributed by atoms with E-state index in [0.717, 1.165) is 29.8 Å². The Labute approximate surface area is 192 Å². The Hall–Kier alpha value is -3.27. The number of hydrogen-bond acceptors (Lipinski definition) is 5. The number of thiazole rings is 1. The van der Waals surface area contributed by atoms with E-state index in [4.69, 9.17) is 11.6 Å². The molecule has 4 aromatic rings. The number of nitrogens with zero attached hydrogens (tertiary/aromatic N) is 1. The van der Waals surface area contributed by atoms with Crippen molar-refractivity contribution in [3.63, 3.8) is 0 Å². The standard InChI is InChI=1S/C22H15ClFN3O3S2/c23-15-7-5-14(6-8-15)20-13-31-22(25-20)26-21(28)18-3-1-2-4-19(18)27-32(29,30)17-11-9-16(24)10-12-17/h1-13,27H,(H,25,26,28). The number of rotatable bonds is 6. The third-order valence-corrected chi connectivity index (χ3v) is 6.80. The van der Waals surface area contributed by atoms with Crippen LogP contribution in [0, 0.1) is 5.82 Å². The number of carbonyl (C=O) groups excluding carboxylic acids is 1. The first-order valence-corrected chi connectivity index (χ1v) is 12.0. The van der Waals surface area contributed by atoms with Gasteiger partial charge in [-0.05, 0) is 48.5 Å². The first kappa shape index (κ1) is 21.9. The van der Waals surface area contributed by atoms with Crippen LogP contribution in [0.15, 0.2) is 83.1 Å². The highest BCUT2D eigenvalue weighted by Gasteiger charge is 2.19. The van der Waals surface area contributed by atoms with Crippen molar-refractivity contribution >= 4 is 49.7 Å². The van der Waals surface area contributed by atoms with E-state index in [-0.39, 0.29) is 16.1 Å². The van der Waals surface area contributed by atoms with Crippen molar-refractivity contribution in [1.82, 2.24) is 4.98 Å². The molecule has 162 valence electrons. The van der Waals surface area contributed by atoms with Crippen molar-refractivity contribution in [1.29, 1.82) is 0 Å². The van der Waals surface area contributed by atoms with Gasteiger partial charge in [0.05, 0.1) is 21.8 Å². The third-order valence-electron chi connectivity index (χ3n) is 4.40. The molecule has 0 saturated heterocycles. The first-order valence-electron chi connectivity index (χ1n) is 9.22. The number of para-hydroxylation sites is 1. The van der Waals surface area contributed by atoms with Crippen LogP contribution >= 0.6 is 22.9 Å². The molecule has 2 N–H and O–H groups in total. The maximum atomic E-state index is 13.1. The molecular weight excluding hydrogens is 473 g/mol. The molecule has 0 aliphatic heterocycles. The number of benzene rings is 3. The fourth-order valence-corrected chi connectivity index (χ4v) is 4.76. The van der Waals surface area contributed by atoms with Crippen molar-refractivity contribution in [2.75, 3.05) is 10.0 Å². The second-order valence-corrected chi connectivity index (χ2v) is 9.58. The van der Waals surface area contributed by atoms with Crippen molar-refractivity contribution in [3.05, 3.63) is 94.6 Å². The Morgan fingerprint density at radius 2 is 1.66 bits per heavy atom. The van der Waals surface area contributed by atoms with Gasteiger partial charge in [0.15, 0.2) is 5.13 Å². The van der Waals surface area contributed by atoms with Crippen LogP contribution < -0.4 is 10.0 Å². The van der Waals surface area contributed by atoms with E-state index in [0.29, 0.717) is 15.8 Å².